The maximum absolute atomic E-state index is 12.5. The predicted molar refractivity (Wildman–Crippen MR) is 127 cm³/mol. The number of ether oxygens (including phenoxy) is 2. The highest BCUT2D eigenvalue weighted by Gasteiger charge is 2.20. The van der Waals surface area contributed by atoms with Crippen LogP contribution in [0.2, 0.25) is 0 Å². The number of amides is 1. The fourth-order valence-electron chi connectivity index (χ4n) is 3.71. The number of fused-ring (bicyclic) bond motifs is 1. The third kappa shape index (κ3) is 5.07. The minimum absolute atomic E-state index is 0.0737. The Bertz CT molecular complexity index is 1110. The van der Waals surface area contributed by atoms with E-state index >= 15 is 0 Å². The van der Waals surface area contributed by atoms with Crippen molar-refractivity contribution in [2.45, 2.75) is 45.3 Å². The van der Waals surface area contributed by atoms with Crippen LogP contribution in [-0.4, -0.2) is 39.6 Å². The number of hydrogen-bond acceptors (Lipinski definition) is 6. The van der Waals surface area contributed by atoms with Crippen molar-refractivity contribution in [3.05, 3.63) is 47.5 Å². The maximum Gasteiger partial charge on any atom is 0.234 e. The van der Waals surface area contributed by atoms with Gasteiger partial charge in [0.2, 0.25) is 5.91 Å². The lowest BCUT2D eigenvalue weighted by Gasteiger charge is -2.15. The summed E-state index contributed by atoms with van der Waals surface area (Å²) in [6, 6.07) is 12.0. The zero-order valence-corrected chi connectivity index (χ0v) is 19.7. The van der Waals surface area contributed by atoms with Gasteiger partial charge in [0.1, 0.15) is 0 Å². The molecular weight excluding hydrogens is 424 g/mol. The highest BCUT2D eigenvalue weighted by molar-refractivity contribution is 7.99. The topological polar surface area (TPSA) is 78.3 Å². The molecule has 0 aliphatic carbocycles. The van der Waals surface area contributed by atoms with Crippen molar-refractivity contribution >= 4 is 23.4 Å². The van der Waals surface area contributed by atoms with Crippen LogP contribution < -0.4 is 14.8 Å². The molecule has 0 fully saturated rings. The fraction of sp³-hybridized carbons (Fsp3) is 0.375. The lowest BCUT2D eigenvalue weighted by molar-refractivity contribution is -0.113. The van der Waals surface area contributed by atoms with Gasteiger partial charge >= 0.3 is 0 Å². The molecule has 168 valence electrons. The van der Waals surface area contributed by atoms with Crippen LogP contribution in [0.5, 0.6) is 11.5 Å². The first-order chi connectivity index (χ1) is 15.4. The second-order valence-corrected chi connectivity index (χ2v) is 9.14. The lowest BCUT2D eigenvalue weighted by atomic mass is 10.1. The van der Waals surface area contributed by atoms with Gasteiger partial charge in [0, 0.05) is 23.7 Å². The summed E-state index contributed by atoms with van der Waals surface area (Å²) in [7, 11) is 0. The fourth-order valence-corrected chi connectivity index (χ4v) is 4.58. The monoisotopic (exact) mass is 452 g/mol. The maximum atomic E-state index is 12.5. The van der Waals surface area contributed by atoms with Crippen molar-refractivity contribution < 1.29 is 14.3 Å². The number of aromatic nitrogens is 3. The number of benzene rings is 2. The van der Waals surface area contributed by atoms with Crippen LogP contribution in [0.3, 0.4) is 0 Å². The molecule has 1 aliphatic heterocycles. The quantitative estimate of drug-likeness (QED) is 0.528. The third-order valence-corrected chi connectivity index (χ3v) is 5.97. The SMILES string of the molecule is Cc1cc(C)cc(NC(=O)CSc2nnc(-c3ccc4c(c3)OCCCO4)n2C(C)C)c1. The molecule has 2 aromatic carbocycles. The summed E-state index contributed by atoms with van der Waals surface area (Å²) in [6.45, 7) is 9.47. The number of carbonyl (C=O) groups excluding carboxylic acids is 1. The van der Waals surface area contributed by atoms with E-state index in [2.05, 4.69) is 35.4 Å². The lowest BCUT2D eigenvalue weighted by Crippen LogP contribution is -2.15. The van der Waals surface area contributed by atoms with E-state index in [9.17, 15) is 4.79 Å². The predicted octanol–water partition coefficient (Wildman–Crippen LogP) is 5.03. The number of thioether (sulfide) groups is 1. The second kappa shape index (κ2) is 9.65. The molecule has 0 radical (unpaired) electrons. The highest BCUT2D eigenvalue weighted by Crippen LogP contribution is 2.35. The molecule has 0 saturated heterocycles. The van der Waals surface area contributed by atoms with Crippen LogP contribution >= 0.6 is 11.8 Å². The number of aryl methyl sites for hydroxylation is 2. The first kappa shape index (κ1) is 22.2. The molecule has 1 amide bonds. The number of carbonyl (C=O) groups is 1. The minimum Gasteiger partial charge on any atom is -0.490 e. The number of nitrogens with one attached hydrogen (secondary N) is 1. The van der Waals surface area contributed by atoms with E-state index in [4.69, 9.17) is 9.47 Å². The number of hydrogen-bond donors (Lipinski definition) is 1. The molecule has 0 atom stereocenters. The Morgan fingerprint density at radius 1 is 1.06 bits per heavy atom. The highest BCUT2D eigenvalue weighted by atomic mass is 32.2. The largest absolute Gasteiger partial charge is 0.490 e. The van der Waals surface area contributed by atoms with E-state index in [-0.39, 0.29) is 17.7 Å². The Hall–Kier alpha value is -3.00. The molecule has 7 nitrogen and oxygen atoms in total. The molecule has 1 N–H and O–H groups in total. The van der Waals surface area contributed by atoms with Gasteiger partial charge in [-0.05, 0) is 69.2 Å². The summed E-state index contributed by atoms with van der Waals surface area (Å²) >= 11 is 1.38. The average molecular weight is 453 g/mol. The van der Waals surface area contributed by atoms with Crippen LogP contribution in [-0.2, 0) is 4.79 Å². The van der Waals surface area contributed by atoms with Crippen LogP contribution in [0, 0.1) is 13.8 Å². The van der Waals surface area contributed by atoms with Crippen molar-refractivity contribution in [1.29, 1.82) is 0 Å². The van der Waals surface area contributed by atoms with Gasteiger partial charge in [-0.3, -0.25) is 9.36 Å². The summed E-state index contributed by atoms with van der Waals surface area (Å²) in [4.78, 5) is 12.5. The van der Waals surface area contributed by atoms with E-state index in [1.807, 2.05) is 48.7 Å². The summed E-state index contributed by atoms with van der Waals surface area (Å²) in [5.74, 6) is 2.39. The van der Waals surface area contributed by atoms with E-state index in [1.165, 1.54) is 11.8 Å². The summed E-state index contributed by atoms with van der Waals surface area (Å²) in [6.07, 6.45) is 0.858. The first-order valence-corrected chi connectivity index (χ1v) is 11.7. The van der Waals surface area contributed by atoms with E-state index < -0.39 is 0 Å². The third-order valence-electron chi connectivity index (χ3n) is 5.02. The standard InChI is InChI=1S/C24H28N4O3S/c1-15(2)28-23(18-6-7-20-21(13-18)31-9-5-8-30-20)26-27-24(28)32-14-22(29)25-19-11-16(3)10-17(4)12-19/h6-7,10-13,15H,5,8-9,14H2,1-4H3,(H,25,29). The van der Waals surface area contributed by atoms with E-state index in [0.717, 1.165) is 46.1 Å². The Labute approximate surface area is 192 Å². The van der Waals surface area contributed by atoms with Crippen molar-refractivity contribution in [2.24, 2.45) is 0 Å². The van der Waals surface area contributed by atoms with Gasteiger partial charge in [-0.1, -0.05) is 17.8 Å². The molecule has 0 bridgehead atoms. The Morgan fingerprint density at radius 2 is 1.78 bits per heavy atom. The molecule has 0 unspecified atom stereocenters. The van der Waals surface area contributed by atoms with Crippen LogP contribution in [0.1, 0.15) is 37.4 Å². The molecular formula is C24H28N4O3S. The summed E-state index contributed by atoms with van der Waals surface area (Å²) in [5.41, 5.74) is 3.95. The molecule has 1 aromatic heterocycles. The Balaban J connectivity index is 1.51. The van der Waals surface area contributed by atoms with Gasteiger partial charge in [0.25, 0.3) is 0 Å². The zero-order chi connectivity index (χ0) is 22.7. The Kier molecular flexibility index (Phi) is 6.69. The minimum atomic E-state index is -0.0737. The van der Waals surface area contributed by atoms with Gasteiger partial charge in [-0.15, -0.1) is 10.2 Å². The van der Waals surface area contributed by atoms with Gasteiger partial charge < -0.3 is 14.8 Å². The van der Waals surface area contributed by atoms with Crippen molar-refractivity contribution in [1.82, 2.24) is 14.8 Å². The van der Waals surface area contributed by atoms with Gasteiger partial charge in [-0.2, -0.15) is 0 Å². The first-order valence-electron chi connectivity index (χ1n) is 10.8. The van der Waals surface area contributed by atoms with Crippen molar-refractivity contribution in [3.8, 4) is 22.9 Å². The number of anilines is 1. The van der Waals surface area contributed by atoms with Crippen molar-refractivity contribution in [3.63, 3.8) is 0 Å². The molecule has 1 aliphatic rings. The van der Waals surface area contributed by atoms with E-state index in [1.54, 1.807) is 0 Å². The van der Waals surface area contributed by atoms with Gasteiger partial charge in [0.15, 0.2) is 22.5 Å². The summed E-state index contributed by atoms with van der Waals surface area (Å²) in [5, 5.41) is 12.5. The number of nitrogens with zero attached hydrogens (tertiary/aromatic N) is 3. The summed E-state index contributed by atoms with van der Waals surface area (Å²) < 4.78 is 13.6. The average Bonchev–Trinajstić information content (AvgIpc) is 3.02. The van der Waals surface area contributed by atoms with Gasteiger partial charge in [0.05, 0.1) is 19.0 Å². The van der Waals surface area contributed by atoms with Gasteiger partial charge in [-0.25, -0.2) is 0 Å². The molecule has 8 heteroatoms. The Morgan fingerprint density at radius 3 is 2.50 bits per heavy atom. The molecule has 2 heterocycles. The number of rotatable bonds is 6. The van der Waals surface area contributed by atoms with E-state index in [0.29, 0.717) is 18.4 Å². The normalized spacial score (nSPS) is 13.2. The van der Waals surface area contributed by atoms with Crippen molar-refractivity contribution in [2.75, 3.05) is 24.3 Å². The zero-order valence-electron chi connectivity index (χ0n) is 18.8. The molecule has 4 rings (SSSR count). The smallest absolute Gasteiger partial charge is 0.234 e. The van der Waals surface area contributed by atoms with Crippen LogP contribution in [0.15, 0.2) is 41.6 Å². The second-order valence-electron chi connectivity index (χ2n) is 8.20. The van der Waals surface area contributed by atoms with Crippen LogP contribution in [0.25, 0.3) is 11.4 Å². The molecule has 0 spiro atoms. The molecule has 3 aromatic rings. The molecule has 0 saturated carbocycles. The molecule has 32 heavy (non-hydrogen) atoms. The van der Waals surface area contributed by atoms with Crippen LogP contribution in [0.4, 0.5) is 5.69 Å².